The number of esters is 1. The molecular formula is C14H29NO3. The summed E-state index contributed by atoms with van der Waals surface area (Å²) in [6, 6.07) is -0.479. The predicted molar refractivity (Wildman–Crippen MR) is 73.3 cm³/mol. The van der Waals surface area contributed by atoms with Gasteiger partial charge in [0, 0.05) is 7.11 Å². The molecule has 4 nitrogen and oxygen atoms in total. The van der Waals surface area contributed by atoms with Gasteiger partial charge >= 0.3 is 5.97 Å². The summed E-state index contributed by atoms with van der Waals surface area (Å²) in [4.78, 5) is 11.1. The van der Waals surface area contributed by atoms with Gasteiger partial charge in [0.25, 0.3) is 0 Å². The van der Waals surface area contributed by atoms with Crippen LogP contribution in [0.1, 0.15) is 52.9 Å². The van der Waals surface area contributed by atoms with Crippen molar-refractivity contribution in [2.24, 2.45) is 11.7 Å². The van der Waals surface area contributed by atoms with Crippen molar-refractivity contribution in [2.75, 3.05) is 14.2 Å². The van der Waals surface area contributed by atoms with Crippen molar-refractivity contribution in [3.63, 3.8) is 0 Å². The highest BCUT2D eigenvalue weighted by molar-refractivity contribution is 5.75. The first kappa shape index (κ1) is 17.4. The Morgan fingerprint density at radius 1 is 1.22 bits per heavy atom. The maximum Gasteiger partial charge on any atom is 0.322 e. The molecule has 0 aliphatic rings. The van der Waals surface area contributed by atoms with Crippen LogP contribution in [-0.4, -0.2) is 31.8 Å². The van der Waals surface area contributed by atoms with E-state index in [1.54, 1.807) is 7.11 Å². The van der Waals surface area contributed by atoms with E-state index in [-0.39, 0.29) is 11.6 Å². The summed E-state index contributed by atoms with van der Waals surface area (Å²) >= 11 is 0. The lowest BCUT2D eigenvalue weighted by Gasteiger charge is -2.23. The lowest BCUT2D eigenvalue weighted by atomic mass is 9.93. The number of rotatable bonds is 9. The Morgan fingerprint density at radius 3 is 2.33 bits per heavy atom. The Balaban J connectivity index is 3.72. The zero-order valence-corrected chi connectivity index (χ0v) is 12.5. The largest absolute Gasteiger partial charge is 0.468 e. The normalized spacial score (nSPS) is 15.2. The minimum Gasteiger partial charge on any atom is -0.468 e. The molecule has 0 radical (unpaired) electrons. The molecule has 2 unspecified atom stereocenters. The molecule has 0 amide bonds. The Hall–Kier alpha value is -0.610. The van der Waals surface area contributed by atoms with E-state index < -0.39 is 6.04 Å². The van der Waals surface area contributed by atoms with Crippen LogP contribution in [0.2, 0.25) is 0 Å². The van der Waals surface area contributed by atoms with Crippen LogP contribution >= 0.6 is 0 Å². The minimum atomic E-state index is -0.479. The smallest absolute Gasteiger partial charge is 0.322 e. The number of carbonyl (C=O) groups is 1. The second kappa shape index (κ2) is 8.48. The molecule has 4 heteroatoms. The summed E-state index contributed by atoms with van der Waals surface area (Å²) < 4.78 is 9.99. The third kappa shape index (κ3) is 7.67. The van der Waals surface area contributed by atoms with Gasteiger partial charge in [-0.2, -0.15) is 0 Å². The number of nitrogens with two attached hydrogens (primary N) is 1. The monoisotopic (exact) mass is 259 g/mol. The highest BCUT2D eigenvalue weighted by Gasteiger charge is 2.17. The van der Waals surface area contributed by atoms with Crippen molar-refractivity contribution in [3.05, 3.63) is 0 Å². The Morgan fingerprint density at radius 2 is 1.83 bits per heavy atom. The van der Waals surface area contributed by atoms with Gasteiger partial charge in [-0.3, -0.25) is 4.79 Å². The first-order valence-corrected chi connectivity index (χ1v) is 6.71. The van der Waals surface area contributed by atoms with Crippen molar-refractivity contribution in [1.29, 1.82) is 0 Å². The molecule has 0 aromatic carbocycles. The molecule has 2 atom stereocenters. The molecule has 2 N–H and O–H groups in total. The molecule has 0 aliphatic heterocycles. The summed E-state index contributed by atoms with van der Waals surface area (Å²) in [5, 5.41) is 0. The van der Waals surface area contributed by atoms with Gasteiger partial charge in [0.2, 0.25) is 0 Å². The molecule has 108 valence electrons. The Bertz CT molecular complexity index is 241. The van der Waals surface area contributed by atoms with Crippen LogP contribution in [-0.2, 0) is 14.3 Å². The molecule has 0 saturated carbocycles. The van der Waals surface area contributed by atoms with Crippen molar-refractivity contribution in [3.8, 4) is 0 Å². The number of methoxy groups -OCH3 is 2. The summed E-state index contributed by atoms with van der Waals surface area (Å²) in [7, 11) is 3.12. The summed E-state index contributed by atoms with van der Waals surface area (Å²) in [5.41, 5.74) is 5.66. The average Bonchev–Trinajstić information content (AvgIpc) is 2.34. The first-order valence-electron chi connectivity index (χ1n) is 6.71. The molecule has 0 heterocycles. The first-order chi connectivity index (χ1) is 8.32. The van der Waals surface area contributed by atoms with Gasteiger partial charge in [-0.05, 0) is 39.0 Å². The molecule has 18 heavy (non-hydrogen) atoms. The second-order valence-electron chi connectivity index (χ2n) is 5.67. The van der Waals surface area contributed by atoms with E-state index in [0.717, 1.165) is 25.7 Å². The highest BCUT2D eigenvalue weighted by atomic mass is 16.5. The Kier molecular flexibility index (Phi) is 8.20. The number of hydrogen-bond donors (Lipinski definition) is 1. The lowest BCUT2D eigenvalue weighted by Crippen LogP contribution is -2.31. The summed E-state index contributed by atoms with van der Waals surface area (Å²) in [5.74, 6) is 0.260. The molecule has 0 aliphatic carbocycles. The van der Waals surface area contributed by atoms with Crippen LogP contribution in [0.25, 0.3) is 0 Å². The van der Waals surface area contributed by atoms with E-state index in [4.69, 9.17) is 10.5 Å². The van der Waals surface area contributed by atoms with E-state index in [9.17, 15) is 4.79 Å². The molecule has 0 aromatic rings. The van der Waals surface area contributed by atoms with Gasteiger partial charge in [-0.1, -0.05) is 19.8 Å². The molecule has 0 fully saturated rings. The fraction of sp³-hybridized carbons (Fsp3) is 0.929. The van der Waals surface area contributed by atoms with Crippen LogP contribution < -0.4 is 5.73 Å². The molecular weight excluding hydrogens is 230 g/mol. The third-order valence-corrected chi connectivity index (χ3v) is 3.50. The zero-order valence-electron chi connectivity index (χ0n) is 12.5. The number of ether oxygens (including phenoxy) is 2. The average molecular weight is 259 g/mol. The number of hydrogen-bond acceptors (Lipinski definition) is 4. The minimum absolute atomic E-state index is 0.0395. The standard InChI is InChI=1S/C14H29NO3/c1-11(7-6-10-14(2,3)18-5)8-9-12(15)13(16)17-4/h11-12H,6-10,15H2,1-5H3. The summed E-state index contributed by atoms with van der Waals surface area (Å²) in [6.07, 6.45) is 4.98. The SMILES string of the molecule is COC(=O)C(N)CCC(C)CCCC(C)(C)OC. The fourth-order valence-corrected chi connectivity index (χ4v) is 1.86. The van der Waals surface area contributed by atoms with Crippen molar-refractivity contribution >= 4 is 5.97 Å². The highest BCUT2D eigenvalue weighted by Crippen LogP contribution is 2.21. The number of carbonyl (C=O) groups excluding carboxylic acids is 1. The molecule has 0 spiro atoms. The van der Waals surface area contributed by atoms with E-state index >= 15 is 0 Å². The predicted octanol–water partition coefficient (Wildman–Crippen LogP) is 2.50. The van der Waals surface area contributed by atoms with Crippen molar-refractivity contribution in [1.82, 2.24) is 0 Å². The van der Waals surface area contributed by atoms with Crippen LogP contribution in [0, 0.1) is 5.92 Å². The van der Waals surface area contributed by atoms with Gasteiger partial charge in [-0.25, -0.2) is 0 Å². The topological polar surface area (TPSA) is 61.5 Å². The van der Waals surface area contributed by atoms with E-state index in [2.05, 4.69) is 25.5 Å². The zero-order chi connectivity index (χ0) is 14.2. The van der Waals surface area contributed by atoms with Crippen molar-refractivity contribution in [2.45, 2.75) is 64.5 Å². The van der Waals surface area contributed by atoms with E-state index in [0.29, 0.717) is 12.3 Å². The molecule has 0 rings (SSSR count). The van der Waals surface area contributed by atoms with Gasteiger partial charge < -0.3 is 15.2 Å². The molecule has 0 bridgehead atoms. The van der Waals surface area contributed by atoms with Crippen molar-refractivity contribution < 1.29 is 14.3 Å². The van der Waals surface area contributed by atoms with Crippen LogP contribution in [0.4, 0.5) is 0 Å². The van der Waals surface area contributed by atoms with Gasteiger partial charge in [0.1, 0.15) is 6.04 Å². The van der Waals surface area contributed by atoms with Gasteiger partial charge in [0.15, 0.2) is 0 Å². The second-order valence-corrected chi connectivity index (χ2v) is 5.67. The van der Waals surface area contributed by atoms with Crippen LogP contribution in [0.5, 0.6) is 0 Å². The van der Waals surface area contributed by atoms with Gasteiger partial charge in [0.05, 0.1) is 12.7 Å². The fourth-order valence-electron chi connectivity index (χ4n) is 1.86. The Labute approximate surface area is 111 Å². The van der Waals surface area contributed by atoms with Crippen LogP contribution in [0.15, 0.2) is 0 Å². The van der Waals surface area contributed by atoms with E-state index in [1.165, 1.54) is 7.11 Å². The van der Waals surface area contributed by atoms with Gasteiger partial charge in [-0.15, -0.1) is 0 Å². The third-order valence-electron chi connectivity index (χ3n) is 3.50. The molecule has 0 aromatic heterocycles. The maximum atomic E-state index is 11.1. The maximum absolute atomic E-state index is 11.1. The quantitative estimate of drug-likeness (QED) is 0.646. The van der Waals surface area contributed by atoms with E-state index in [1.807, 2.05) is 0 Å². The lowest BCUT2D eigenvalue weighted by molar-refractivity contribution is -0.142. The molecule has 0 saturated heterocycles. The summed E-state index contributed by atoms with van der Waals surface area (Å²) in [6.45, 7) is 6.40. The van der Waals surface area contributed by atoms with Crippen LogP contribution in [0.3, 0.4) is 0 Å².